The fraction of sp³-hybridized carbons (Fsp3) is 0.700. The Kier molecular flexibility index (Phi) is 4.11. The average molecular weight is 276 g/mol. The van der Waals surface area contributed by atoms with Crippen LogP contribution in [0.4, 0.5) is 0 Å². The minimum Gasteiger partial charge on any atom is -0.440 e. The van der Waals surface area contributed by atoms with E-state index in [9.17, 15) is 8.42 Å². The zero-order chi connectivity index (χ0) is 12.3. The smallest absolute Gasteiger partial charge is 0.255 e. The highest BCUT2D eigenvalue weighted by Crippen LogP contribution is 2.16. The van der Waals surface area contributed by atoms with E-state index in [0.717, 1.165) is 24.4 Å². The summed E-state index contributed by atoms with van der Waals surface area (Å²) in [6.07, 6.45) is 2.35. The number of sulfone groups is 1. The van der Waals surface area contributed by atoms with Gasteiger partial charge in [-0.2, -0.15) is 0 Å². The molecule has 0 spiro atoms. The van der Waals surface area contributed by atoms with Crippen LogP contribution in [0.2, 0.25) is 0 Å². The molecule has 1 unspecified atom stereocenters. The fourth-order valence-electron chi connectivity index (χ4n) is 1.76. The number of nitrogens with one attached hydrogen (secondary N) is 1. The Balaban J connectivity index is 1.64. The first kappa shape index (κ1) is 12.9. The molecule has 2 rings (SSSR count). The molecular formula is C10H16N2O3S2. The van der Waals surface area contributed by atoms with Gasteiger partial charge in [-0.15, -0.1) is 0 Å². The first-order chi connectivity index (χ1) is 8.05. The highest BCUT2D eigenvalue weighted by molar-refractivity contribution is 7.99. The summed E-state index contributed by atoms with van der Waals surface area (Å²) in [5, 5.41) is 3.91. The maximum absolute atomic E-state index is 11.2. The molecule has 5 nitrogen and oxygen atoms in total. The van der Waals surface area contributed by atoms with Crippen molar-refractivity contribution in [3.63, 3.8) is 0 Å². The first-order valence-corrected chi connectivity index (χ1v) is 8.34. The molecule has 1 aromatic rings. The van der Waals surface area contributed by atoms with Gasteiger partial charge in [-0.25, -0.2) is 13.4 Å². The van der Waals surface area contributed by atoms with Crippen LogP contribution in [0.15, 0.2) is 15.9 Å². The molecule has 0 saturated carbocycles. The SMILES string of the molecule is Cc1coc(SCCNC2CCS(=O)(=O)C2)n1. The van der Waals surface area contributed by atoms with E-state index in [1.165, 1.54) is 11.8 Å². The van der Waals surface area contributed by atoms with Crippen molar-refractivity contribution in [2.24, 2.45) is 0 Å². The molecule has 7 heteroatoms. The molecule has 0 bridgehead atoms. The van der Waals surface area contributed by atoms with Gasteiger partial charge >= 0.3 is 0 Å². The van der Waals surface area contributed by atoms with Crippen molar-refractivity contribution in [3.05, 3.63) is 12.0 Å². The summed E-state index contributed by atoms with van der Waals surface area (Å²) in [7, 11) is -2.78. The van der Waals surface area contributed by atoms with E-state index in [4.69, 9.17) is 4.42 Å². The van der Waals surface area contributed by atoms with Crippen LogP contribution in [0.3, 0.4) is 0 Å². The van der Waals surface area contributed by atoms with Crippen LogP contribution < -0.4 is 5.32 Å². The topological polar surface area (TPSA) is 72.2 Å². The standard InChI is InChI=1S/C10H16N2O3S2/c1-8-6-15-10(12-8)16-4-3-11-9-2-5-17(13,14)7-9/h6,9,11H,2-5,7H2,1H3. The lowest BCUT2D eigenvalue weighted by Gasteiger charge is -2.08. The van der Waals surface area contributed by atoms with Crippen molar-refractivity contribution in [2.75, 3.05) is 23.8 Å². The highest BCUT2D eigenvalue weighted by atomic mass is 32.2. The van der Waals surface area contributed by atoms with Crippen LogP contribution in [0.25, 0.3) is 0 Å². The summed E-state index contributed by atoms with van der Waals surface area (Å²) in [4.78, 5) is 4.18. The molecule has 1 aromatic heterocycles. The Hall–Kier alpha value is -0.530. The van der Waals surface area contributed by atoms with Gasteiger partial charge in [0.15, 0.2) is 9.84 Å². The van der Waals surface area contributed by atoms with E-state index in [-0.39, 0.29) is 11.8 Å². The second kappa shape index (κ2) is 5.41. The molecule has 0 aromatic carbocycles. The number of thioether (sulfide) groups is 1. The van der Waals surface area contributed by atoms with Gasteiger partial charge in [0.05, 0.1) is 17.2 Å². The molecule has 0 amide bonds. The molecule has 1 fully saturated rings. The molecular weight excluding hydrogens is 260 g/mol. The number of nitrogens with zero attached hydrogens (tertiary/aromatic N) is 1. The third kappa shape index (κ3) is 4.01. The number of rotatable bonds is 5. The van der Waals surface area contributed by atoms with Gasteiger partial charge in [0, 0.05) is 18.3 Å². The molecule has 0 radical (unpaired) electrons. The number of aromatic nitrogens is 1. The molecule has 0 aliphatic carbocycles. The summed E-state index contributed by atoms with van der Waals surface area (Å²) < 4.78 is 27.7. The van der Waals surface area contributed by atoms with Crippen LogP contribution in [0, 0.1) is 6.92 Å². The van der Waals surface area contributed by atoms with Crippen LogP contribution in [0.1, 0.15) is 12.1 Å². The van der Waals surface area contributed by atoms with E-state index in [1.807, 2.05) is 6.92 Å². The molecule has 96 valence electrons. The molecule has 17 heavy (non-hydrogen) atoms. The molecule has 1 aliphatic heterocycles. The van der Waals surface area contributed by atoms with Crippen molar-refractivity contribution in [3.8, 4) is 0 Å². The lowest BCUT2D eigenvalue weighted by Crippen LogP contribution is -2.31. The van der Waals surface area contributed by atoms with E-state index >= 15 is 0 Å². The molecule has 2 heterocycles. The van der Waals surface area contributed by atoms with Gasteiger partial charge in [-0.05, 0) is 13.3 Å². The Morgan fingerprint density at radius 2 is 2.47 bits per heavy atom. The van der Waals surface area contributed by atoms with Gasteiger partial charge in [-0.3, -0.25) is 0 Å². The fourth-order valence-corrected chi connectivity index (χ4v) is 4.18. The van der Waals surface area contributed by atoms with Crippen molar-refractivity contribution >= 4 is 21.6 Å². The predicted molar refractivity (Wildman–Crippen MR) is 67.0 cm³/mol. The molecule has 1 aliphatic rings. The quantitative estimate of drug-likeness (QED) is 0.635. The van der Waals surface area contributed by atoms with Crippen LogP contribution >= 0.6 is 11.8 Å². The monoisotopic (exact) mass is 276 g/mol. The number of oxazole rings is 1. The van der Waals surface area contributed by atoms with Gasteiger partial charge in [0.2, 0.25) is 0 Å². The maximum Gasteiger partial charge on any atom is 0.255 e. The second-order valence-corrected chi connectivity index (χ2v) is 7.43. The zero-order valence-electron chi connectivity index (χ0n) is 9.68. The summed E-state index contributed by atoms with van der Waals surface area (Å²) in [5.41, 5.74) is 0.877. The third-order valence-electron chi connectivity index (χ3n) is 2.59. The van der Waals surface area contributed by atoms with E-state index in [1.54, 1.807) is 6.26 Å². The van der Waals surface area contributed by atoms with Gasteiger partial charge in [0.1, 0.15) is 6.26 Å². The lowest BCUT2D eigenvalue weighted by atomic mass is 10.3. The van der Waals surface area contributed by atoms with E-state index in [2.05, 4.69) is 10.3 Å². The highest BCUT2D eigenvalue weighted by Gasteiger charge is 2.26. The Morgan fingerprint density at radius 3 is 3.06 bits per heavy atom. The Morgan fingerprint density at radius 1 is 1.65 bits per heavy atom. The van der Waals surface area contributed by atoms with Crippen LogP contribution in [-0.4, -0.2) is 43.2 Å². The molecule has 1 saturated heterocycles. The molecule has 1 N–H and O–H groups in total. The van der Waals surface area contributed by atoms with Gasteiger partial charge < -0.3 is 9.73 Å². The van der Waals surface area contributed by atoms with E-state index in [0.29, 0.717) is 11.0 Å². The lowest BCUT2D eigenvalue weighted by molar-refractivity contribution is 0.453. The summed E-state index contributed by atoms with van der Waals surface area (Å²) in [6, 6.07) is 0.117. The summed E-state index contributed by atoms with van der Waals surface area (Å²) in [5.74, 6) is 1.42. The van der Waals surface area contributed by atoms with Gasteiger partial charge in [-0.1, -0.05) is 11.8 Å². The molecule has 1 atom stereocenters. The number of aryl methyl sites for hydroxylation is 1. The van der Waals surface area contributed by atoms with Gasteiger partial charge in [0.25, 0.3) is 5.22 Å². The summed E-state index contributed by atoms with van der Waals surface area (Å²) in [6.45, 7) is 2.65. The minimum atomic E-state index is -2.78. The number of hydrogen-bond donors (Lipinski definition) is 1. The average Bonchev–Trinajstić information content (AvgIpc) is 2.80. The second-order valence-electron chi connectivity index (χ2n) is 4.16. The van der Waals surface area contributed by atoms with Crippen LogP contribution in [0.5, 0.6) is 0 Å². The summed E-state index contributed by atoms with van der Waals surface area (Å²) >= 11 is 1.53. The normalized spacial score (nSPS) is 23.0. The Labute approximate surface area is 105 Å². The minimum absolute atomic E-state index is 0.117. The zero-order valence-corrected chi connectivity index (χ0v) is 11.3. The van der Waals surface area contributed by atoms with E-state index < -0.39 is 9.84 Å². The third-order valence-corrected chi connectivity index (χ3v) is 5.20. The van der Waals surface area contributed by atoms with Crippen molar-refractivity contribution in [1.29, 1.82) is 0 Å². The largest absolute Gasteiger partial charge is 0.440 e. The van der Waals surface area contributed by atoms with Crippen LogP contribution in [-0.2, 0) is 9.84 Å². The number of hydrogen-bond acceptors (Lipinski definition) is 6. The Bertz CT molecular complexity index is 470. The van der Waals surface area contributed by atoms with Crippen molar-refractivity contribution < 1.29 is 12.8 Å². The first-order valence-electron chi connectivity index (χ1n) is 5.54. The van der Waals surface area contributed by atoms with Crippen molar-refractivity contribution in [1.82, 2.24) is 10.3 Å². The maximum atomic E-state index is 11.2. The predicted octanol–water partition coefficient (Wildman–Crippen LogP) is 0.852. The van der Waals surface area contributed by atoms with Crippen molar-refractivity contribution in [2.45, 2.75) is 24.6 Å².